The van der Waals surface area contributed by atoms with Crippen LogP contribution in [0.15, 0.2) is 0 Å². The molecule has 0 aliphatic carbocycles. The number of hydrogen-bond donors (Lipinski definition) is 0. The maximum absolute atomic E-state index is 5.23. The Morgan fingerprint density at radius 1 is 1.08 bits per heavy atom. The molecule has 0 aliphatic rings. The third kappa shape index (κ3) is 13.9. The first kappa shape index (κ1) is 15.8. The summed E-state index contributed by atoms with van der Waals surface area (Å²) >= 11 is 0. The van der Waals surface area contributed by atoms with E-state index in [4.69, 9.17) is 9.05 Å². The van der Waals surface area contributed by atoms with Crippen molar-refractivity contribution in [2.45, 2.75) is 39.5 Å². The Bertz CT molecular complexity index is 71.2. The van der Waals surface area contributed by atoms with Gasteiger partial charge in [0.1, 0.15) is 0 Å². The van der Waals surface area contributed by atoms with Crippen molar-refractivity contribution >= 4 is 9.03 Å². The summed E-state index contributed by atoms with van der Waals surface area (Å²) in [4.78, 5) is 0. The Hall–Kier alpha value is 1.35. The molecule has 0 aromatic carbocycles. The number of unbranched alkanes of at least 4 members (excludes halogenated alkanes) is 3. The van der Waals surface area contributed by atoms with Crippen LogP contribution in [0.1, 0.15) is 41.0 Å². The Balaban J connectivity index is -0.000000500. The van der Waals surface area contributed by atoms with E-state index >= 15 is 0 Å². The molecular formula is C8H20NaO2P. The fourth-order valence-electron chi connectivity index (χ4n) is 0.743. The summed E-state index contributed by atoms with van der Waals surface area (Å²) in [5.74, 6) is 0. The van der Waals surface area contributed by atoms with Crippen LogP contribution >= 0.6 is 9.03 Å². The molecular weight excluding hydrogens is 182 g/mol. The van der Waals surface area contributed by atoms with Crippen molar-refractivity contribution in [1.82, 2.24) is 0 Å². The summed E-state index contributed by atoms with van der Waals surface area (Å²) in [5.41, 5.74) is 0. The number of rotatable bonds is 8. The van der Waals surface area contributed by atoms with Crippen LogP contribution in [-0.4, -0.2) is 13.2 Å². The molecule has 2 nitrogen and oxygen atoms in total. The smallest absolute Gasteiger partial charge is 1.00 e. The van der Waals surface area contributed by atoms with Crippen molar-refractivity contribution in [3.8, 4) is 0 Å². The fourth-order valence-corrected chi connectivity index (χ4v) is 1.17. The van der Waals surface area contributed by atoms with Gasteiger partial charge >= 0.3 is 29.6 Å². The first-order valence-corrected chi connectivity index (χ1v) is 5.22. The normalized spacial score (nSPS) is 10.5. The molecule has 0 aromatic rings. The predicted octanol–water partition coefficient (Wildman–Crippen LogP) is 0.245. The van der Waals surface area contributed by atoms with Gasteiger partial charge in [0.25, 0.3) is 0 Å². The molecule has 0 amide bonds. The Kier molecular flexibility index (Phi) is 19.6. The molecule has 0 N–H and O–H groups in total. The van der Waals surface area contributed by atoms with Crippen LogP contribution in [0.3, 0.4) is 0 Å². The van der Waals surface area contributed by atoms with Crippen molar-refractivity contribution in [3.05, 3.63) is 0 Å². The zero-order valence-corrected chi connectivity index (χ0v) is 11.6. The van der Waals surface area contributed by atoms with Crippen molar-refractivity contribution in [1.29, 1.82) is 0 Å². The van der Waals surface area contributed by atoms with Crippen LogP contribution in [0.2, 0.25) is 0 Å². The maximum atomic E-state index is 5.23. The molecule has 0 radical (unpaired) electrons. The first-order chi connectivity index (χ1) is 5.41. The van der Waals surface area contributed by atoms with Crippen LogP contribution in [-0.2, 0) is 9.05 Å². The van der Waals surface area contributed by atoms with E-state index in [0.29, 0.717) is 0 Å². The van der Waals surface area contributed by atoms with E-state index in [1.807, 2.05) is 6.92 Å². The van der Waals surface area contributed by atoms with Gasteiger partial charge < -0.3 is 10.5 Å². The van der Waals surface area contributed by atoms with Gasteiger partial charge in [-0.3, -0.25) is 0 Å². The second-order valence-corrected chi connectivity index (χ2v) is 3.17. The molecule has 12 heavy (non-hydrogen) atoms. The molecule has 0 spiro atoms. The predicted molar refractivity (Wildman–Crippen MR) is 51.1 cm³/mol. The first-order valence-electron chi connectivity index (χ1n) is 4.40. The fraction of sp³-hybridized carbons (Fsp3) is 1.00. The van der Waals surface area contributed by atoms with Crippen LogP contribution < -0.4 is 29.6 Å². The van der Waals surface area contributed by atoms with Crippen molar-refractivity contribution in [2.24, 2.45) is 0 Å². The number of hydrogen-bond acceptors (Lipinski definition) is 2. The average Bonchev–Trinajstić information content (AvgIpc) is 2.03. The van der Waals surface area contributed by atoms with Gasteiger partial charge in [0.2, 0.25) is 0 Å². The van der Waals surface area contributed by atoms with E-state index in [0.717, 1.165) is 13.2 Å². The monoisotopic (exact) mass is 202 g/mol. The SMILES string of the molecule is CCCCCCOPOCC.[H-].[Na+]. The van der Waals surface area contributed by atoms with E-state index in [1.165, 1.54) is 25.7 Å². The largest absolute Gasteiger partial charge is 1.00 e. The van der Waals surface area contributed by atoms with Crippen molar-refractivity contribution < 1.29 is 40.0 Å². The molecule has 70 valence electrons. The van der Waals surface area contributed by atoms with Crippen LogP contribution in [0, 0.1) is 0 Å². The molecule has 0 fully saturated rings. The van der Waals surface area contributed by atoms with Crippen LogP contribution in [0.25, 0.3) is 0 Å². The van der Waals surface area contributed by atoms with Gasteiger partial charge in [0.05, 0.1) is 13.2 Å². The van der Waals surface area contributed by atoms with E-state index in [1.54, 1.807) is 0 Å². The third-order valence-electron chi connectivity index (χ3n) is 1.36. The minimum atomic E-state index is 0. The zero-order valence-electron chi connectivity index (χ0n) is 9.56. The van der Waals surface area contributed by atoms with E-state index in [9.17, 15) is 0 Å². The van der Waals surface area contributed by atoms with Crippen molar-refractivity contribution in [3.63, 3.8) is 0 Å². The average molecular weight is 202 g/mol. The summed E-state index contributed by atoms with van der Waals surface area (Å²) in [5, 5.41) is 0. The Morgan fingerprint density at radius 2 is 1.83 bits per heavy atom. The van der Waals surface area contributed by atoms with Gasteiger partial charge in [0, 0.05) is 0 Å². The standard InChI is InChI=1S/C8H19O2P.Na.H/c1-3-5-6-7-8-10-11-9-4-2;;/h11H,3-8H2,1-2H3;;/q;+1;-1. The summed E-state index contributed by atoms with van der Waals surface area (Å²) in [7, 11) is 0.244. The van der Waals surface area contributed by atoms with Crippen LogP contribution in [0.4, 0.5) is 0 Å². The van der Waals surface area contributed by atoms with Gasteiger partial charge in [-0.2, -0.15) is 0 Å². The van der Waals surface area contributed by atoms with Gasteiger partial charge in [-0.15, -0.1) is 0 Å². The van der Waals surface area contributed by atoms with Crippen molar-refractivity contribution in [2.75, 3.05) is 13.2 Å². The summed E-state index contributed by atoms with van der Waals surface area (Å²) in [6.45, 7) is 5.81. The topological polar surface area (TPSA) is 18.5 Å². The van der Waals surface area contributed by atoms with E-state index < -0.39 is 0 Å². The molecule has 0 rings (SSSR count). The second kappa shape index (κ2) is 14.9. The minimum Gasteiger partial charge on any atom is -1.00 e. The molecule has 0 aromatic heterocycles. The Morgan fingerprint density at radius 3 is 2.42 bits per heavy atom. The molecule has 4 heteroatoms. The Labute approximate surface area is 102 Å². The third-order valence-corrected chi connectivity index (χ3v) is 2.09. The summed E-state index contributed by atoms with van der Waals surface area (Å²) in [6, 6.07) is 0. The molecule has 0 saturated heterocycles. The zero-order chi connectivity index (χ0) is 8.36. The van der Waals surface area contributed by atoms with Gasteiger partial charge in [-0.05, 0) is 13.3 Å². The molecule has 0 heterocycles. The van der Waals surface area contributed by atoms with E-state index in [2.05, 4.69) is 6.92 Å². The molecule has 0 saturated carbocycles. The van der Waals surface area contributed by atoms with Gasteiger partial charge in [-0.25, -0.2) is 0 Å². The maximum Gasteiger partial charge on any atom is 1.00 e. The van der Waals surface area contributed by atoms with Gasteiger partial charge in [0.15, 0.2) is 9.03 Å². The van der Waals surface area contributed by atoms with Gasteiger partial charge in [-0.1, -0.05) is 26.2 Å². The second-order valence-electron chi connectivity index (χ2n) is 2.43. The molecule has 1 atom stereocenters. The molecule has 0 aliphatic heterocycles. The quantitative estimate of drug-likeness (QED) is 0.319. The summed E-state index contributed by atoms with van der Waals surface area (Å²) < 4.78 is 10.3. The van der Waals surface area contributed by atoms with E-state index in [-0.39, 0.29) is 40.0 Å². The molecule has 0 bridgehead atoms. The minimum absolute atomic E-state index is 0. The molecule has 1 unspecified atom stereocenters. The van der Waals surface area contributed by atoms with Crippen LogP contribution in [0.5, 0.6) is 0 Å². The summed E-state index contributed by atoms with van der Waals surface area (Å²) in [6.07, 6.45) is 5.07.